The van der Waals surface area contributed by atoms with Crippen molar-refractivity contribution >= 4 is 11.8 Å². The molecule has 168 valence electrons. The minimum atomic E-state index is -4.35. The van der Waals surface area contributed by atoms with Gasteiger partial charge in [0.05, 0.1) is 12.2 Å². The van der Waals surface area contributed by atoms with E-state index in [1.165, 1.54) is 12.1 Å². The van der Waals surface area contributed by atoms with Crippen LogP contribution < -0.4 is 10.6 Å². The van der Waals surface area contributed by atoms with Gasteiger partial charge in [-0.2, -0.15) is 13.2 Å². The van der Waals surface area contributed by atoms with E-state index in [9.17, 15) is 22.8 Å². The quantitative estimate of drug-likeness (QED) is 0.654. The zero-order chi connectivity index (χ0) is 22.1. The maximum atomic E-state index is 12.7. The number of carbonyl (C=O) groups excluding carboxylic acids is 2. The largest absolute Gasteiger partial charge is 0.416 e. The van der Waals surface area contributed by atoms with Crippen LogP contribution in [0.1, 0.15) is 36.8 Å². The Hall–Kier alpha value is -2.13. The lowest BCUT2D eigenvalue weighted by Gasteiger charge is -2.24. The summed E-state index contributed by atoms with van der Waals surface area (Å²) in [5.41, 5.74) is 0.0705. The Bertz CT molecular complexity index is 695. The zero-order valence-corrected chi connectivity index (χ0v) is 17.4. The summed E-state index contributed by atoms with van der Waals surface area (Å²) in [6.07, 6.45) is -2.04. The topological polar surface area (TPSA) is 70.7 Å². The van der Waals surface area contributed by atoms with Crippen LogP contribution in [0, 0.1) is 5.92 Å². The Balaban J connectivity index is 1.91. The molecule has 6 nitrogen and oxygen atoms in total. The number of rotatable bonds is 7. The minimum Gasteiger partial charge on any atom is -0.383 e. The molecule has 0 radical (unpaired) electrons. The van der Waals surface area contributed by atoms with Crippen molar-refractivity contribution in [2.45, 2.75) is 44.4 Å². The molecule has 0 aromatic heterocycles. The lowest BCUT2D eigenvalue weighted by atomic mass is 9.96. The zero-order valence-electron chi connectivity index (χ0n) is 17.4. The highest BCUT2D eigenvalue weighted by Crippen LogP contribution is 2.29. The molecule has 2 rings (SSSR count). The van der Waals surface area contributed by atoms with Gasteiger partial charge in [0.25, 0.3) is 0 Å². The summed E-state index contributed by atoms with van der Waals surface area (Å²) in [7, 11) is 3.27. The van der Waals surface area contributed by atoms with Gasteiger partial charge in [0.2, 0.25) is 11.8 Å². The van der Waals surface area contributed by atoms with Crippen LogP contribution in [0.25, 0.3) is 0 Å². The Kier molecular flexibility index (Phi) is 9.10. The van der Waals surface area contributed by atoms with E-state index < -0.39 is 11.7 Å². The van der Waals surface area contributed by atoms with Crippen molar-refractivity contribution in [3.8, 4) is 0 Å². The smallest absolute Gasteiger partial charge is 0.383 e. The Morgan fingerprint density at radius 2 is 1.93 bits per heavy atom. The third-order valence-corrected chi connectivity index (χ3v) is 5.30. The van der Waals surface area contributed by atoms with Crippen LogP contribution in [0.5, 0.6) is 0 Å². The molecule has 9 heteroatoms. The second kappa shape index (κ2) is 11.3. The second-order valence-corrected chi connectivity index (χ2v) is 7.66. The van der Waals surface area contributed by atoms with E-state index in [0.717, 1.165) is 30.5 Å². The van der Waals surface area contributed by atoms with Gasteiger partial charge in [-0.15, -0.1) is 0 Å². The number of hydrogen-bond donors (Lipinski definition) is 2. The summed E-state index contributed by atoms with van der Waals surface area (Å²) in [6, 6.07) is 5.06. The summed E-state index contributed by atoms with van der Waals surface area (Å²) < 4.78 is 43.0. The molecule has 1 aliphatic rings. The summed E-state index contributed by atoms with van der Waals surface area (Å²) in [6.45, 7) is 1.72. The van der Waals surface area contributed by atoms with E-state index in [4.69, 9.17) is 4.74 Å². The number of ether oxygens (including phenoxy) is 1. The lowest BCUT2D eigenvalue weighted by Crippen LogP contribution is -2.42. The molecule has 0 spiro atoms. The van der Waals surface area contributed by atoms with Crippen molar-refractivity contribution in [3.05, 3.63) is 35.4 Å². The molecule has 0 bridgehead atoms. The average molecular weight is 429 g/mol. The van der Waals surface area contributed by atoms with Gasteiger partial charge >= 0.3 is 6.18 Å². The van der Waals surface area contributed by atoms with Gasteiger partial charge in [-0.25, -0.2) is 0 Å². The fourth-order valence-electron chi connectivity index (χ4n) is 3.49. The number of likely N-dealkylation sites (N-methyl/N-ethyl adjacent to an activating group) is 1. The standard InChI is InChI=1S/C21H30F3N3O3/c1-27-14-18(26-13-15-6-8-17(9-7-15)21(22,23)24)5-3-4-16(12-19(27)28)20(29)25-10-11-30-2/h6-9,16,18,26H,3-5,10-14H2,1-2H3,(H,25,29)/t16-,18-/m1/s1. The van der Waals surface area contributed by atoms with E-state index in [2.05, 4.69) is 10.6 Å². The highest BCUT2D eigenvalue weighted by atomic mass is 19.4. The molecule has 30 heavy (non-hydrogen) atoms. The van der Waals surface area contributed by atoms with Crippen LogP contribution in [-0.2, 0) is 27.0 Å². The number of carbonyl (C=O) groups is 2. The van der Waals surface area contributed by atoms with E-state index >= 15 is 0 Å². The number of benzene rings is 1. The predicted octanol–water partition coefficient (Wildman–Crippen LogP) is 2.57. The van der Waals surface area contributed by atoms with Gasteiger partial charge in [-0.3, -0.25) is 9.59 Å². The first-order valence-electron chi connectivity index (χ1n) is 10.1. The number of halogens is 3. The molecule has 1 saturated heterocycles. The molecule has 1 aromatic rings. The fourth-order valence-corrected chi connectivity index (χ4v) is 3.49. The van der Waals surface area contributed by atoms with Crippen molar-refractivity contribution in [1.29, 1.82) is 0 Å². The molecular weight excluding hydrogens is 399 g/mol. The minimum absolute atomic E-state index is 0.00320. The van der Waals surface area contributed by atoms with Crippen molar-refractivity contribution < 1.29 is 27.5 Å². The molecule has 1 aromatic carbocycles. The predicted molar refractivity (Wildman–Crippen MR) is 107 cm³/mol. The van der Waals surface area contributed by atoms with Crippen molar-refractivity contribution in [2.75, 3.05) is 33.9 Å². The van der Waals surface area contributed by atoms with Crippen molar-refractivity contribution in [2.24, 2.45) is 5.92 Å². The second-order valence-electron chi connectivity index (χ2n) is 7.66. The maximum Gasteiger partial charge on any atom is 0.416 e. The molecule has 0 unspecified atom stereocenters. The SMILES string of the molecule is COCCNC(=O)[C@@H]1CCC[C@@H](NCc2ccc(C(F)(F)F)cc2)CN(C)C(=O)C1. The molecule has 2 atom stereocenters. The van der Waals surface area contributed by atoms with Crippen LogP contribution in [0.2, 0.25) is 0 Å². The number of methoxy groups -OCH3 is 1. The van der Waals surface area contributed by atoms with E-state index in [0.29, 0.717) is 32.7 Å². The summed E-state index contributed by atoms with van der Waals surface area (Å²) in [5.74, 6) is -0.597. The first-order chi connectivity index (χ1) is 14.2. The maximum absolute atomic E-state index is 12.7. The summed E-state index contributed by atoms with van der Waals surface area (Å²) >= 11 is 0. The Morgan fingerprint density at radius 1 is 1.23 bits per heavy atom. The molecule has 2 amide bonds. The van der Waals surface area contributed by atoms with Gasteiger partial charge in [0.1, 0.15) is 0 Å². The molecule has 0 saturated carbocycles. The Labute approximate surface area is 175 Å². The number of alkyl halides is 3. The molecular formula is C21H30F3N3O3. The van der Waals surface area contributed by atoms with Crippen LogP contribution in [0.4, 0.5) is 13.2 Å². The van der Waals surface area contributed by atoms with E-state index in [-0.39, 0.29) is 30.2 Å². The van der Waals surface area contributed by atoms with Crippen LogP contribution in [-0.4, -0.2) is 56.6 Å². The highest BCUT2D eigenvalue weighted by molar-refractivity contribution is 5.85. The van der Waals surface area contributed by atoms with Crippen LogP contribution in [0.3, 0.4) is 0 Å². The van der Waals surface area contributed by atoms with E-state index in [1.54, 1.807) is 19.1 Å². The summed E-state index contributed by atoms with van der Waals surface area (Å²) in [5, 5.41) is 6.14. The molecule has 0 aliphatic carbocycles. The molecule has 1 fully saturated rings. The lowest BCUT2D eigenvalue weighted by molar-refractivity contribution is -0.137. The summed E-state index contributed by atoms with van der Waals surface area (Å²) in [4.78, 5) is 26.5. The van der Waals surface area contributed by atoms with Crippen LogP contribution >= 0.6 is 0 Å². The van der Waals surface area contributed by atoms with E-state index in [1.807, 2.05) is 0 Å². The number of amides is 2. The molecule has 1 aliphatic heterocycles. The Morgan fingerprint density at radius 3 is 2.57 bits per heavy atom. The highest BCUT2D eigenvalue weighted by Gasteiger charge is 2.30. The first kappa shape index (κ1) is 24.1. The van der Waals surface area contributed by atoms with Gasteiger partial charge in [0, 0.05) is 52.2 Å². The third-order valence-electron chi connectivity index (χ3n) is 5.30. The number of nitrogens with zero attached hydrogens (tertiary/aromatic N) is 1. The number of hydrogen-bond acceptors (Lipinski definition) is 4. The third kappa shape index (κ3) is 7.60. The molecule has 2 N–H and O–H groups in total. The first-order valence-corrected chi connectivity index (χ1v) is 10.1. The van der Waals surface area contributed by atoms with Gasteiger partial charge in [-0.05, 0) is 30.5 Å². The van der Waals surface area contributed by atoms with Gasteiger partial charge in [0.15, 0.2) is 0 Å². The van der Waals surface area contributed by atoms with Crippen LogP contribution in [0.15, 0.2) is 24.3 Å². The van der Waals surface area contributed by atoms with Gasteiger partial charge < -0.3 is 20.3 Å². The fraction of sp³-hybridized carbons (Fsp3) is 0.619. The van der Waals surface area contributed by atoms with Crippen molar-refractivity contribution in [1.82, 2.24) is 15.5 Å². The average Bonchev–Trinajstić information content (AvgIpc) is 2.76. The number of nitrogens with one attached hydrogen (secondary N) is 2. The monoisotopic (exact) mass is 429 g/mol. The van der Waals surface area contributed by atoms with Gasteiger partial charge in [-0.1, -0.05) is 18.6 Å². The molecule has 1 heterocycles. The normalized spacial score (nSPS) is 21.0. The van der Waals surface area contributed by atoms with Crippen molar-refractivity contribution in [3.63, 3.8) is 0 Å².